The van der Waals surface area contributed by atoms with E-state index < -0.39 is 0 Å². The van der Waals surface area contributed by atoms with E-state index in [9.17, 15) is 4.39 Å². The minimum atomic E-state index is -0.172. The molecule has 0 aliphatic carbocycles. The first-order valence-electron chi connectivity index (χ1n) is 6.50. The Morgan fingerprint density at radius 2 is 2.11 bits per heavy atom. The zero-order chi connectivity index (χ0) is 13.7. The molecule has 0 amide bonds. The molecule has 0 saturated heterocycles. The minimum absolute atomic E-state index is 0.172. The highest BCUT2D eigenvalue weighted by Gasteiger charge is 2.10. The topological polar surface area (TPSA) is 24.9 Å². The summed E-state index contributed by atoms with van der Waals surface area (Å²) in [5, 5.41) is 3.32. The summed E-state index contributed by atoms with van der Waals surface area (Å²) >= 11 is 0. The van der Waals surface area contributed by atoms with Gasteiger partial charge >= 0.3 is 0 Å². The number of aryl methyl sites for hydroxylation is 1. The molecule has 1 N–H and O–H groups in total. The molecule has 1 aromatic carbocycles. The Labute approximate surface area is 113 Å². The van der Waals surface area contributed by atoms with E-state index in [2.05, 4.69) is 16.4 Å². The lowest BCUT2D eigenvalue weighted by Crippen LogP contribution is -2.30. The van der Waals surface area contributed by atoms with E-state index in [1.54, 1.807) is 12.3 Å². The van der Waals surface area contributed by atoms with E-state index >= 15 is 0 Å². The summed E-state index contributed by atoms with van der Waals surface area (Å²) < 4.78 is 13.1. The number of hydrogen-bond acceptors (Lipinski definition) is 2. The average molecular weight is 258 g/mol. The minimum Gasteiger partial charge on any atom is -0.316 e. The second-order valence-electron chi connectivity index (χ2n) is 4.83. The number of nitrogens with one attached hydrogen (secondary N) is 1. The highest BCUT2D eigenvalue weighted by molar-refractivity contribution is 5.27. The first kappa shape index (κ1) is 13.7. The lowest BCUT2D eigenvalue weighted by atomic mass is 9.97. The van der Waals surface area contributed by atoms with Crippen LogP contribution in [-0.2, 0) is 12.8 Å². The van der Waals surface area contributed by atoms with Gasteiger partial charge in [0.05, 0.1) is 0 Å². The van der Waals surface area contributed by atoms with Crippen molar-refractivity contribution < 1.29 is 4.39 Å². The lowest BCUT2D eigenvalue weighted by molar-refractivity contribution is 0.553. The maximum Gasteiger partial charge on any atom is 0.123 e. The fourth-order valence-electron chi connectivity index (χ4n) is 2.23. The van der Waals surface area contributed by atoms with Gasteiger partial charge in [0, 0.05) is 18.4 Å². The Balaban J connectivity index is 2.06. The molecule has 2 rings (SSSR count). The molecule has 0 aliphatic rings. The smallest absolute Gasteiger partial charge is 0.123 e. The normalized spacial score (nSPS) is 12.4. The zero-order valence-electron chi connectivity index (χ0n) is 11.4. The average Bonchev–Trinajstić information content (AvgIpc) is 2.42. The molecule has 2 aromatic rings. The molecule has 1 aromatic heterocycles. The Morgan fingerprint density at radius 1 is 1.26 bits per heavy atom. The van der Waals surface area contributed by atoms with Gasteiger partial charge in [0.25, 0.3) is 0 Å². The van der Waals surface area contributed by atoms with Crippen LogP contribution in [-0.4, -0.2) is 18.1 Å². The van der Waals surface area contributed by atoms with Gasteiger partial charge in [-0.1, -0.05) is 12.1 Å². The quantitative estimate of drug-likeness (QED) is 0.892. The molecule has 1 heterocycles. The summed E-state index contributed by atoms with van der Waals surface area (Å²) in [4.78, 5) is 4.13. The number of halogens is 1. The van der Waals surface area contributed by atoms with Crippen LogP contribution in [0.2, 0.25) is 0 Å². The molecular formula is C16H19FN2. The zero-order valence-corrected chi connectivity index (χ0v) is 11.4. The maximum absolute atomic E-state index is 13.1. The predicted octanol–water partition coefficient (Wildman–Crippen LogP) is 2.90. The molecule has 0 saturated carbocycles. The largest absolute Gasteiger partial charge is 0.316 e. The fourth-order valence-corrected chi connectivity index (χ4v) is 2.23. The van der Waals surface area contributed by atoms with Crippen LogP contribution in [0.3, 0.4) is 0 Å². The molecule has 3 heteroatoms. The molecular weight excluding hydrogens is 239 g/mol. The van der Waals surface area contributed by atoms with Crippen molar-refractivity contribution >= 4 is 0 Å². The van der Waals surface area contributed by atoms with Crippen LogP contribution >= 0.6 is 0 Å². The van der Waals surface area contributed by atoms with Gasteiger partial charge in [-0.2, -0.15) is 0 Å². The van der Waals surface area contributed by atoms with Gasteiger partial charge in [0.15, 0.2) is 0 Å². The van der Waals surface area contributed by atoms with Gasteiger partial charge in [0.2, 0.25) is 0 Å². The third kappa shape index (κ3) is 3.86. The third-order valence-corrected chi connectivity index (χ3v) is 3.38. The van der Waals surface area contributed by atoms with Crippen molar-refractivity contribution in [2.75, 3.05) is 7.05 Å². The molecule has 2 nitrogen and oxygen atoms in total. The SMILES string of the molecule is CNC(Cc1cccnc1)Cc1ccc(F)cc1C. The number of likely N-dealkylation sites (N-methyl/N-ethyl adjacent to an activating group) is 1. The van der Waals surface area contributed by atoms with Crippen LogP contribution < -0.4 is 5.32 Å². The molecule has 0 fully saturated rings. The second kappa shape index (κ2) is 6.43. The van der Waals surface area contributed by atoms with Crippen LogP contribution in [0.4, 0.5) is 4.39 Å². The molecule has 0 radical (unpaired) electrons. The summed E-state index contributed by atoms with van der Waals surface area (Å²) in [7, 11) is 1.96. The third-order valence-electron chi connectivity index (χ3n) is 3.38. The van der Waals surface area contributed by atoms with Crippen molar-refractivity contribution in [2.45, 2.75) is 25.8 Å². The van der Waals surface area contributed by atoms with Gasteiger partial charge in [-0.15, -0.1) is 0 Å². The van der Waals surface area contributed by atoms with Crippen LogP contribution in [0.15, 0.2) is 42.7 Å². The van der Waals surface area contributed by atoms with Gasteiger partial charge < -0.3 is 5.32 Å². The second-order valence-corrected chi connectivity index (χ2v) is 4.83. The summed E-state index contributed by atoms with van der Waals surface area (Å²) in [6.07, 6.45) is 5.47. The lowest BCUT2D eigenvalue weighted by Gasteiger charge is -2.17. The van der Waals surface area contributed by atoms with E-state index in [0.717, 1.165) is 18.4 Å². The van der Waals surface area contributed by atoms with Crippen LogP contribution in [0.1, 0.15) is 16.7 Å². The van der Waals surface area contributed by atoms with E-state index in [-0.39, 0.29) is 5.82 Å². The van der Waals surface area contributed by atoms with Crippen molar-refractivity contribution in [3.63, 3.8) is 0 Å². The number of rotatable bonds is 5. The van der Waals surface area contributed by atoms with E-state index in [1.807, 2.05) is 32.3 Å². The standard InChI is InChI=1S/C16H19FN2/c1-12-8-15(17)6-5-14(12)10-16(18-2)9-13-4-3-7-19-11-13/h3-8,11,16,18H,9-10H2,1-2H3. The van der Waals surface area contributed by atoms with Gasteiger partial charge in [-0.05, 0) is 61.7 Å². The van der Waals surface area contributed by atoms with Gasteiger partial charge in [0.1, 0.15) is 5.82 Å². The summed E-state index contributed by atoms with van der Waals surface area (Å²) in [5.74, 6) is -0.172. The maximum atomic E-state index is 13.1. The Bertz CT molecular complexity index is 526. The van der Waals surface area contributed by atoms with Crippen molar-refractivity contribution in [2.24, 2.45) is 0 Å². The first-order valence-corrected chi connectivity index (χ1v) is 6.50. The van der Waals surface area contributed by atoms with Gasteiger partial charge in [-0.25, -0.2) is 4.39 Å². The molecule has 0 spiro atoms. The van der Waals surface area contributed by atoms with Crippen molar-refractivity contribution in [3.05, 3.63) is 65.2 Å². The highest BCUT2D eigenvalue weighted by Crippen LogP contribution is 2.14. The van der Waals surface area contributed by atoms with Crippen molar-refractivity contribution in [3.8, 4) is 0 Å². The van der Waals surface area contributed by atoms with E-state index in [4.69, 9.17) is 0 Å². The Morgan fingerprint density at radius 3 is 2.74 bits per heavy atom. The molecule has 1 unspecified atom stereocenters. The van der Waals surface area contributed by atoms with Crippen LogP contribution in [0.25, 0.3) is 0 Å². The monoisotopic (exact) mass is 258 g/mol. The molecule has 1 atom stereocenters. The highest BCUT2D eigenvalue weighted by atomic mass is 19.1. The van der Waals surface area contributed by atoms with E-state index in [1.165, 1.54) is 17.2 Å². The molecule has 0 aliphatic heterocycles. The fraction of sp³-hybridized carbons (Fsp3) is 0.312. The summed E-state index contributed by atoms with van der Waals surface area (Å²) in [6.45, 7) is 1.95. The number of nitrogens with zero attached hydrogens (tertiary/aromatic N) is 1. The Hall–Kier alpha value is -1.74. The van der Waals surface area contributed by atoms with Gasteiger partial charge in [-0.3, -0.25) is 4.98 Å². The van der Waals surface area contributed by atoms with Crippen molar-refractivity contribution in [1.29, 1.82) is 0 Å². The van der Waals surface area contributed by atoms with Crippen molar-refractivity contribution in [1.82, 2.24) is 10.3 Å². The number of benzene rings is 1. The molecule has 0 bridgehead atoms. The van der Waals surface area contributed by atoms with E-state index in [0.29, 0.717) is 6.04 Å². The number of hydrogen-bond donors (Lipinski definition) is 1. The summed E-state index contributed by atoms with van der Waals surface area (Å²) in [5.41, 5.74) is 3.40. The molecule has 100 valence electrons. The summed E-state index contributed by atoms with van der Waals surface area (Å²) in [6, 6.07) is 9.34. The predicted molar refractivity (Wildman–Crippen MR) is 75.6 cm³/mol. The van der Waals surface area contributed by atoms with Crippen LogP contribution in [0, 0.1) is 12.7 Å². The van der Waals surface area contributed by atoms with Crippen LogP contribution in [0.5, 0.6) is 0 Å². The molecule has 19 heavy (non-hydrogen) atoms. The first-order chi connectivity index (χ1) is 9.19. The number of pyridine rings is 1. The number of aromatic nitrogens is 1. The Kier molecular flexibility index (Phi) is 4.63.